The van der Waals surface area contributed by atoms with Crippen LogP contribution in [0.15, 0.2) is 133 Å². The molecule has 0 saturated heterocycles. The highest BCUT2D eigenvalue weighted by Gasteiger charge is 2.37. The lowest BCUT2D eigenvalue weighted by Gasteiger charge is -2.31. The molecule has 6 aromatic rings. The van der Waals surface area contributed by atoms with Crippen LogP contribution in [0.1, 0.15) is 75.3 Å². The van der Waals surface area contributed by atoms with Gasteiger partial charge in [0.1, 0.15) is 0 Å². The van der Waals surface area contributed by atoms with Crippen molar-refractivity contribution in [3.05, 3.63) is 161 Å². The maximum absolute atomic E-state index is 2.48. The third-order valence-corrected chi connectivity index (χ3v) is 10.8. The molecule has 8 rings (SSSR count). The number of benzene rings is 6. The van der Waals surface area contributed by atoms with Gasteiger partial charge in [-0.05, 0) is 123 Å². The first-order chi connectivity index (χ1) is 23.2. The van der Waals surface area contributed by atoms with Crippen molar-refractivity contribution in [1.29, 1.82) is 0 Å². The molecule has 0 bridgehead atoms. The number of hydrogen-bond acceptors (Lipinski definition) is 1. The molecule has 238 valence electrons. The first-order valence-corrected chi connectivity index (χ1v) is 17.7. The fourth-order valence-electron chi connectivity index (χ4n) is 8.15. The van der Waals surface area contributed by atoms with E-state index >= 15 is 0 Å². The molecule has 0 atom stereocenters. The van der Waals surface area contributed by atoms with E-state index in [4.69, 9.17) is 0 Å². The first kappa shape index (κ1) is 30.5. The Bertz CT molecular complexity index is 2110. The maximum atomic E-state index is 2.48. The highest BCUT2D eigenvalue weighted by molar-refractivity contribution is 5.95. The van der Waals surface area contributed by atoms with E-state index in [0.29, 0.717) is 0 Å². The molecule has 0 saturated carbocycles. The van der Waals surface area contributed by atoms with E-state index in [1.807, 2.05) is 0 Å². The second kappa shape index (κ2) is 11.7. The van der Waals surface area contributed by atoms with Gasteiger partial charge >= 0.3 is 0 Å². The summed E-state index contributed by atoms with van der Waals surface area (Å²) in [5.41, 5.74) is 18.6. The summed E-state index contributed by atoms with van der Waals surface area (Å²) in [7, 11) is 0. The van der Waals surface area contributed by atoms with E-state index in [1.165, 1.54) is 87.0 Å². The van der Waals surface area contributed by atoms with Crippen LogP contribution in [0, 0.1) is 0 Å². The van der Waals surface area contributed by atoms with Crippen LogP contribution in [0.25, 0.3) is 33.4 Å². The fourth-order valence-corrected chi connectivity index (χ4v) is 8.15. The van der Waals surface area contributed by atoms with Crippen molar-refractivity contribution in [2.45, 2.75) is 71.1 Å². The number of aryl methyl sites for hydroxylation is 1. The number of nitrogens with zero attached hydrogens (tertiary/aromatic N) is 1. The molecule has 0 heterocycles. The summed E-state index contributed by atoms with van der Waals surface area (Å²) in [5.74, 6) is 0. The predicted octanol–water partition coefficient (Wildman–Crippen LogP) is 13.0. The molecule has 0 spiro atoms. The average Bonchev–Trinajstić information content (AvgIpc) is 3.33. The molecule has 6 aromatic carbocycles. The lowest BCUT2D eigenvalue weighted by molar-refractivity contribution is 0.590. The molecule has 0 aromatic heterocycles. The van der Waals surface area contributed by atoms with Crippen molar-refractivity contribution in [3.8, 4) is 33.4 Å². The van der Waals surface area contributed by atoms with Gasteiger partial charge in [-0.15, -0.1) is 0 Å². The van der Waals surface area contributed by atoms with Gasteiger partial charge in [-0.25, -0.2) is 0 Å². The Morgan fingerprint density at radius 1 is 0.521 bits per heavy atom. The Morgan fingerprint density at radius 2 is 1.15 bits per heavy atom. The Morgan fingerprint density at radius 3 is 1.88 bits per heavy atom. The van der Waals surface area contributed by atoms with Crippen LogP contribution < -0.4 is 4.90 Å². The van der Waals surface area contributed by atoms with E-state index in [-0.39, 0.29) is 10.8 Å². The summed E-state index contributed by atoms with van der Waals surface area (Å²) >= 11 is 0. The molecule has 1 heteroatoms. The lowest BCUT2D eigenvalue weighted by Crippen LogP contribution is -2.17. The van der Waals surface area contributed by atoms with Crippen LogP contribution in [0.2, 0.25) is 0 Å². The van der Waals surface area contributed by atoms with Crippen LogP contribution in [-0.4, -0.2) is 0 Å². The highest BCUT2D eigenvalue weighted by Crippen LogP contribution is 2.53. The van der Waals surface area contributed by atoms with Gasteiger partial charge in [-0.2, -0.15) is 0 Å². The molecule has 2 aliphatic rings. The minimum atomic E-state index is -0.103. The van der Waals surface area contributed by atoms with Crippen LogP contribution >= 0.6 is 0 Å². The van der Waals surface area contributed by atoms with Crippen LogP contribution in [0.5, 0.6) is 0 Å². The van der Waals surface area contributed by atoms with Gasteiger partial charge in [0.25, 0.3) is 0 Å². The zero-order chi connectivity index (χ0) is 33.0. The second-order valence-corrected chi connectivity index (χ2v) is 15.3. The second-order valence-electron chi connectivity index (χ2n) is 15.3. The van der Waals surface area contributed by atoms with Gasteiger partial charge in [-0.3, -0.25) is 0 Å². The maximum Gasteiger partial charge on any atom is 0.0543 e. The van der Waals surface area contributed by atoms with Gasteiger partial charge < -0.3 is 4.90 Å². The van der Waals surface area contributed by atoms with Crippen molar-refractivity contribution >= 4 is 17.1 Å². The van der Waals surface area contributed by atoms with Crippen LogP contribution in [-0.2, 0) is 23.7 Å². The van der Waals surface area contributed by atoms with E-state index in [0.717, 1.165) is 11.4 Å². The standard InChI is InChI=1S/C47H45N/c1-46(2,3)35-26-28-37(29-27-35)48(36-16-7-6-8-17-36)45-31-44-42(40-19-11-12-21-43(40)47(44,4)5)30-41(45)34-24-22-33(23-25-34)39-20-13-15-32-14-9-10-18-38(32)39/h6-8,11-13,15-17,19-31H,9-10,14,18H2,1-5H3. The summed E-state index contributed by atoms with van der Waals surface area (Å²) in [4.78, 5) is 2.46. The molecular weight excluding hydrogens is 579 g/mol. The molecule has 2 aliphatic carbocycles. The van der Waals surface area contributed by atoms with Gasteiger partial charge in [0.05, 0.1) is 5.69 Å². The molecule has 48 heavy (non-hydrogen) atoms. The predicted molar refractivity (Wildman–Crippen MR) is 205 cm³/mol. The smallest absolute Gasteiger partial charge is 0.0543 e. The molecule has 0 fully saturated rings. The van der Waals surface area contributed by atoms with Crippen molar-refractivity contribution in [1.82, 2.24) is 0 Å². The van der Waals surface area contributed by atoms with Gasteiger partial charge in [0, 0.05) is 22.4 Å². The quantitative estimate of drug-likeness (QED) is 0.185. The Labute approximate surface area is 286 Å². The van der Waals surface area contributed by atoms with Gasteiger partial charge in [0.2, 0.25) is 0 Å². The Balaban J connectivity index is 1.34. The fraction of sp³-hybridized carbons (Fsp3) is 0.234. The van der Waals surface area contributed by atoms with Crippen molar-refractivity contribution < 1.29 is 0 Å². The number of para-hydroxylation sites is 1. The van der Waals surface area contributed by atoms with Crippen molar-refractivity contribution in [3.63, 3.8) is 0 Å². The van der Waals surface area contributed by atoms with Crippen molar-refractivity contribution in [2.75, 3.05) is 4.90 Å². The lowest BCUT2D eigenvalue weighted by atomic mass is 9.81. The van der Waals surface area contributed by atoms with Gasteiger partial charge in [-0.1, -0.05) is 132 Å². The number of rotatable bonds is 5. The Kier molecular flexibility index (Phi) is 7.40. The molecule has 0 amide bonds. The summed E-state index contributed by atoms with van der Waals surface area (Å²) in [6, 6.07) is 50.3. The normalized spacial score (nSPS) is 14.6. The van der Waals surface area contributed by atoms with E-state index in [1.54, 1.807) is 5.56 Å². The van der Waals surface area contributed by atoms with E-state index < -0.39 is 0 Å². The summed E-state index contributed by atoms with van der Waals surface area (Å²) < 4.78 is 0. The molecule has 0 N–H and O–H groups in total. The van der Waals surface area contributed by atoms with Crippen molar-refractivity contribution in [2.24, 2.45) is 0 Å². The zero-order valence-electron chi connectivity index (χ0n) is 29.0. The molecule has 0 radical (unpaired) electrons. The van der Waals surface area contributed by atoms with Crippen LogP contribution in [0.3, 0.4) is 0 Å². The summed E-state index contributed by atoms with van der Waals surface area (Å²) in [5, 5.41) is 0. The molecule has 1 nitrogen and oxygen atoms in total. The van der Waals surface area contributed by atoms with E-state index in [9.17, 15) is 0 Å². The third kappa shape index (κ3) is 5.17. The van der Waals surface area contributed by atoms with Gasteiger partial charge in [0.15, 0.2) is 0 Å². The minimum absolute atomic E-state index is 0.0877. The summed E-state index contributed by atoms with van der Waals surface area (Å²) in [6.45, 7) is 11.6. The SMILES string of the molecule is CC(C)(C)c1ccc(N(c2ccccc2)c2cc3c(cc2-c2ccc(-c4cccc5c4CCCC5)cc2)-c2ccccc2C3(C)C)cc1. The summed E-state index contributed by atoms with van der Waals surface area (Å²) in [6.07, 6.45) is 4.96. The number of fused-ring (bicyclic) bond motifs is 4. The monoisotopic (exact) mass is 623 g/mol. The minimum Gasteiger partial charge on any atom is -0.310 e. The molecule has 0 unspecified atom stereocenters. The zero-order valence-corrected chi connectivity index (χ0v) is 29.0. The topological polar surface area (TPSA) is 3.24 Å². The van der Waals surface area contributed by atoms with Crippen LogP contribution in [0.4, 0.5) is 17.1 Å². The number of hydrogen-bond donors (Lipinski definition) is 0. The first-order valence-electron chi connectivity index (χ1n) is 17.7. The highest BCUT2D eigenvalue weighted by atomic mass is 15.1. The molecule has 0 aliphatic heterocycles. The number of anilines is 3. The Hall–Kier alpha value is -4.88. The van der Waals surface area contributed by atoms with E-state index in [2.05, 4.69) is 173 Å². The largest absolute Gasteiger partial charge is 0.310 e. The average molecular weight is 624 g/mol. The molecular formula is C47H45N. The third-order valence-electron chi connectivity index (χ3n) is 10.8.